The fourth-order valence-electron chi connectivity index (χ4n) is 1.09. The van der Waals surface area contributed by atoms with E-state index >= 15 is 0 Å². The van der Waals surface area contributed by atoms with E-state index in [2.05, 4.69) is 10.2 Å². The molecule has 0 radical (unpaired) electrons. The second-order valence-electron chi connectivity index (χ2n) is 2.50. The lowest BCUT2D eigenvalue weighted by atomic mass is 10.2. The van der Waals surface area contributed by atoms with Gasteiger partial charge in [0.15, 0.2) is 0 Å². The van der Waals surface area contributed by atoms with Crippen LogP contribution in [0.3, 0.4) is 0 Å². The summed E-state index contributed by atoms with van der Waals surface area (Å²) in [7, 11) is 0. The summed E-state index contributed by atoms with van der Waals surface area (Å²) < 4.78 is 13.8. The van der Waals surface area contributed by atoms with Crippen molar-refractivity contribution < 1.29 is 4.39 Å². The van der Waals surface area contributed by atoms with Crippen molar-refractivity contribution in [3.05, 3.63) is 27.2 Å². The summed E-state index contributed by atoms with van der Waals surface area (Å²) in [5.41, 5.74) is 0.660. The summed E-state index contributed by atoms with van der Waals surface area (Å²) in [6.45, 7) is 0. The third-order valence-corrected chi connectivity index (χ3v) is 2.55. The van der Waals surface area contributed by atoms with Gasteiger partial charge in [-0.15, -0.1) is 0 Å². The van der Waals surface area contributed by atoms with Crippen LogP contribution in [-0.2, 0) is 0 Å². The molecule has 1 aromatic carbocycles. The van der Waals surface area contributed by atoms with E-state index in [0.717, 1.165) is 9.09 Å². The lowest BCUT2D eigenvalue weighted by Gasteiger charge is -1.92. The van der Waals surface area contributed by atoms with Crippen LogP contribution in [0.25, 0.3) is 10.9 Å². The van der Waals surface area contributed by atoms with E-state index in [9.17, 15) is 4.39 Å². The second-order valence-corrected chi connectivity index (χ2v) is 3.53. The van der Waals surface area contributed by atoms with Gasteiger partial charge in [0, 0.05) is 11.5 Å². The zero-order valence-corrected chi connectivity index (χ0v) is 8.46. The monoisotopic (exact) mass is 287 g/mol. The Hall–Kier alpha value is -1.16. The Kier molecular flexibility index (Phi) is 1.92. The van der Waals surface area contributed by atoms with Gasteiger partial charge in [-0.3, -0.25) is 5.10 Å². The van der Waals surface area contributed by atoms with Crippen molar-refractivity contribution in [1.29, 1.82) is 5.26 Å². The lowest BCUT2D eigenvalue weighted by Crippen LogP contribution is -1.83. The minimum Gasteiger partial charge on any atom is -0.277 e. The first-order chi connectivity index (χ1) is 6.22. The maximum atomic E-state index is 13.1. The first kappa shape index (κ1) is 8.44. The number of rotatable bonds is 0. The number of hydrogen-bond donors (Lipinski definition) is 1. The van der Waals surface area contributed by atoms with Gasteiger partial charge in [-0.25, -0.2) is 4.39 Å². The largest absolute Gasteiger partial charge is 0.277 e. The van der Waals surface area contributed by atoms with Crippen molar-refractivity contribution in [3.8, 4) is 6.07 Å². The van der Waals surface area contributed by atoms with E-state index in [-0.39, 0.29) is 5.56 Å². The SMILES string of the molecule is N#Cc1cc2c(I)n[nH]c2cc1F. The number of aromatic amines is 1. The third-order valence-electron chi connectivity index (χ3n) is 1.72. The molecule has 0 aliphatic rings. The molecule has 1 N–H and O–H groups in total. The van der Waals surface area contributed by atoms with Crippen LogP contribution in [0.15, 0.2) is 12.1 Å². The fourth-order valence-corrected chi connectivity index (χ4v) is 1.66. The van der Waals surface area contributed by atoms with Crippen LogP contribution in [0.2, 0.25) is 0 Å². The molecule has 2 rings (SSSR count). The van der Waals surface area contributed by atoms with E-state index in [0.29, 0.717) is 5.52 Å². The molecule has 0 fully saturated rings. The molecule has 0 unspecified atom stereocenters. The smallest absolute Gasteiger partial charge is 0.143 e. The van der Waals surface area contributed by atoms with E-state index < -0.39 is 5.82 Å². The molecule has 0 aliphatic carbocycles. The van der Waals surface area contributed by atoms with Gasteiger partial charge in [0.2, 0.25) is 0 Å². The number of nitrogens with zero attached hydrogens (tertiary/aromatic N) is 2. The van der Waals surface area contributed by atoms with Gasteiger partial charge in [0.1, 0.15) is 15.6 Å². The number of fused-ring (bicyclic) bond motifs is 1. The molecule has 0 atom stereocenters. The van der Waals surface area contributed by atoms with E-state index in [1.807, 2.05) is 22.6 Å². The van der Waals surface area contributed by atoms with Crippen LogP contribution in [0, 0.1) is 20.8 Å². The van der Waals surface area contributed by atoms with Crippen molar-refractivity contribution in [3.63, 3.8) is 0 Å². The number of nitrogens with one attached hydrogen (secondary N) is 1. The molecule has 1 aromatic heterocycles. The molecular formula is C8H3FIN3. The Morgan fingerprint density at radius 3 is 3.00 bits per heavy atom. The maximum Gasteiger partial charge on any atom is 0.143 e. The van der Waals surface area contributed by atoms with Gasteiger partial charge in [-0.05, 0) is 28.7 Å². The number of aromatic nitrogens is 2. The van der Waals surface area contributed by atoms with Crippen molar-refractivity contribution in [1.82, 2.24) is 10.2 Å². The van der Waals surface area contributed by atoms with Crippen LogP contribution >= 0.6 is 22.6 Å². The zero-order valence-electron chi connectivity index (χ0n) is 6.31. The molecule has 1 heterocycles. The van der Waals surface area contributed by atoms with Gasteiger partial charge in [-0.1, -0.05) is 0 Å². The quantitative estimate of drug-likeness (QED) is 0.755. The lowest BCUT2D eigenvalue weighted by molar-refractivity contribution is 0.625. The summed E-state index contributed by atoms with van der Waals surface area (Å²) in [6, 6.07) is 4.56. The van der Waals surface area contributed by atoms with Crippen LogP contribution in [0.5, 0.6) is 0 Å². The molecule has 0 bridgehead atoms. The van der Waals surface area contributed by atoms with Gasteiger partial charge in [0.05, 0.1) is 11.1 Å². The van der Waals surface area contributed by atoms with Crippen LogP contribution in [0.1, 0.15) is 5.56 Å². The average Bonchev–Trinajstić information content (AvgIpc) is 2.46. The highest BCUT2D eigenvalue weighted by molar-refractivity contribution is 14.1. The Morgan fingerprint density at radius 1 is 1.54 bits per heavy atom. The highest BCUT2D eigenvalue weighted by Crippen LogP contribution is 2.20. The Bertz CT molecular complexity index is 512. The Morgan fingerprint density at radius 2 is 2.31 bits per heavy atom. The van der Waals surface area contributed by atoms with E-state index in [4.69, 9.17) is 5.26 Å². The molecule has 3 nitrogen and oxygen atoms in total. The van der Waals surface area contributed by atoms with Gasteiger partial charge < -0.3 is 0 Å². The number of halogens is 2. The molecule has 0 spiro atoms. The predicted molar refractivity (Wildman–Crippen MR) is 53.5 cm³/mol. The van der Waals surface area contributed by atoms with Gasteiger partial charge >= 0.3 is 0 Å². The third kappa shape index (κ3) is 1.27. The Balaban J connectivity index is 2.86. The minimum absolute atomic E-state index is 0.0480. The molecule has 0 saturated carbocycles. The second kappa shape index (κ2) is 2.96. The first-order valence-electron chi connectivity index (χ1n) is 3.45. The maximum absolute atomic E-state index is 13.1. The molecule has 13 heavy (non-hydrogen) atoms. The molecule has 0 saturated heterocycles. The molecule has 2 aromatic rings. The minimum atomic E-state index is -0.518. The molecule has 5 heteroatoms. The molecule has 0 amide bonds. The highest BCUT2D eigenvalue weighted by atomic mass is 127. The van der Waals surface area contributed by atoms with Crippen LogP contribution in [0.4, 0.5) is 4.39 Å². The van der Waals surface area contributed by atoms with Crippen LogP contribution in [-0.4, -0.2) is 10.2 Å². The number of H-pyrrole nitrogens is 1. The summed E-state index contributed by atoms with van der Waals surface area (Å²) in [5.74, 6) is -0.518. The first-order valence-corrected chi connectivity index (χ1v) is 4.53. The van der Waals surface area contributed by atoms with Gasteiger partial charge in [0.25, 0.3) is 0 Å². The summed E-state index contributed by atoms with van der Waals surface area (Å²) in [5, 5.41) is 15.9. The fraction of sp³-hybridized carbons (Fsp3) is 0. The highest BCUT2D eigenvalue weighted by Gasteiger charge is 2.08. The van der Waals surface area contributed by atoms with Crippen molar-refractivity contribution >= 4 is 33.5 Å². The van der Waals surface area contributed by atoms with Crippen molar-refractivity contribution in [2.24, 2.45) is 0 Å². The number of hydrogen-bond acceptors (Lipinski definition) is 2. The summed E-state index contributed by atoms with van der Waals surface area (Å²) >= 11 is 2.02. The van der Waals surface area contributed by atoms with Crippen molar-refractivity contribution in [2.45, 2.75) is 0 Å². The topological polar surface area (TPSA) is 52.5 Å². The van der Waals surface area contributed by atoms with Crippen molar-refractivity contribution in [2.75, 3.05) is 0 Å². The standard InChI is InChI=1S/C8H3FIN3/c9-6-2-7-5(1-4(6)3-11)8(10)13-12-7/h1-2H,(H,12,13). The molecule has 64 valence electrons. The Labute approximate surface area is 86.7 Å². The zero-order chi connectivity index (χ0) is 9.42. The van der Waals surface area contributed by atoms with E-state index in [1.54, 1.807) is 6.07 Å². The normalized spacial score (nSPS) is 10.2. The predicted octanol–water partition coefficient (Wildman–Crippen LogP) is 2.18. The summed E-state index contributed by atoms with van der Waals surface area (Å²) in [6.07, 6.45) is 0. The van der Waals surface area contributed by atoms with E-state index in [1.165, 1.54) is 12.1 Å². The van der Waals surface area contributed by atoms with Crippen LogP contribution < -0.4 is 0 Å². The average molecular weight is 287 g/mol. The van der Waals surface area contributed by atoms with Gasteiger partial charge in [-0.2, -0.15) is 10.4 Å². The molecule has 0 aliphatic heterocycles. The number of nitriles is 1. The molecular weight excluding hydrogens is 284 g/mol. The number of benzene rings is 1. The summed E-state index contributed by atoms with van der Waals surface area (Å²) in [4.78, 5) is 0.